The van der Waals surface area contributed by atoms with E-state index in [0.717, 1.165) is 0 Å². The number of carbonyl (C=O) groups excluding carboxylic acids is 2. The van der Waals surface area contributed by atoms with E-state index in [0.29, 0.717) is 15.8 Å². The second-order valence-electron chi connectivity index (χ2n) is 6.91. The van der Waals surface area contributed by atoms with Gasteiger partial charge in [0.05, 0.1) is 18.5 Å². The summed E-state index contributed by atoms with van der Waals surface area (Å²) in [5, 5.41) is 5.73. The highest BCUT2D eigenvalue weighted by Crippen LogP contribution is 2.26. The summed E-state index contributed by atoms with van der Waals surface area (Å²) >= 11 is 3.16. The van der Waals surface area contributed by atoms with E-state index in [-0.39, 0.29) is 17.7 Å². The molecule has 0 atom stereocenters. The van der Waals surface area contributed by atoms with Gasteiger partial charge >= 0.3 is 12.1 Å². The molecule has 2 aromatic carbocycles. The molecule has 0 fully saturated rings. The lowest BCUT2D eigenvalue weighted by atomic mass is 10.1. The highest BCUT2D eigenvalue weighted by molar-refractivity contribution is 9.10. The van der Waals surface area contributed by atoms with E-state index >= 15 is 0 Å². The summed E-state index contributed by atoms with van der Waals surface area (Å²) in [4.78, 5) is 23.8. The van der Waals surface area contributed by atoms with Crippen LogP contribution in [0.4, 0.5) is 20.6 Å². The van der Waals surface area contributed by atoms with Crippen LogP contribution in [0.15, 0.2) is 40.9 Å². The van der Waals surface area contributed by atoms with Gasteiger partial charge in [0.2, 0.25) is 0 Å². The first-order chi connectivity index (χ1) is 13.1. The number of hydrogen-bond donors (Lipinski definition) is 2. The molecule has 2 aromatic rings. The molecule has 0 saturated carbocycles. The Bertz CT molecular complexity index is 881. The number of carbonyl (C=O) groups is 2. The van der Waals surface area contributed by atoms with Crippen LogP contribution < -0.4 is 10.6 Å². The topological polar surface area (TPSA) is 76.7 Å². The lowest BCUT2D eigenvalue weighted by molar-refractivity contribution is 0.0591. The van der Waals surface area contributed by atoms with Crippen LogP contribution in [0.3, 0.4) is 0 Å². The van der Waals surface area contributed by atoms with Crippen molar-refractivity contribution in [3.8, 4) is 0 Å². The van der Waals surface area contributed by atoms with Crippen molar-refractivity contribution >= 4 is 39.4 Å². The zero-order chi connectivity index (χ0) is 20.9. The SMILES string of the molecule is COC(=O)c1c(Br)ccc(CNc2ccccc2NC(=O)OC(C)(C)C)c1F. The number of halogens is 2. The molecule has 0 aliphatic carbocycles. The van der Waals surface area contributed by atoms with Crippen LogP contribution in [0, 0.1) is 5.82 Å². The zero-order valence-electron chi connectivity index (χ0n) is 16.1. The van der Waals surface area contributed by atoms with Gasteiger partial charge in [-0.05, 0) is 54.9 Å². The largest absolute Gasteiger partial charge is 0.465 e. The summed E-state index contributed by atoms with van der Waals surface area (Å²) in [5.41, 5.74) is 0.549. The Hall–Kier alpha value is -2.61. The number of benzene rings is 2. The van der Waals surface area contributed by atoms with Crippen LogP contribution >= 0.6 is 15.9 Å². The summed E-state index contributed by atoms with van der Waals surface area (Å²) < 4.78 is 24.9. The van der Waals surface area contributed by atoms with Gasteiger partial charge in [0.1, 0.15) is 17.0 Å². The number of anilines is 2. The lowest BCUT2D eigenvalue weighted by Gasteiger charge is -2.20. The molecular formula is C20H22BrFN2O4. The molecule has 8 heteroatoms. The van der Waals surface area contributed by atoms with Crippen molar-refractivity contribution in [2.75, 3.05) is 17.7 Å². The molecular weight excluding hydrogens is 431 g/mol. The predicted octanol–water partition coefficient (Wildman–Crippen LogP) is 5.33. The second-order valence-corrected chi connectivity index (χ2v) is 7.77. The summed E-state index contributed by atoms with van der Waals surface area (Å²) in [6, 6.07) is 10.1. The van der Waals surface area contributed by atoms with E-state index in [1.54, 1.807) is 57.2 Å². The number of amides is 1. The zero-order valence-corrected chi connectivity index (χ0v) is 17.6. The third-order valence-corrected chi connectivity index (χ3v) is 4.25. The van der Waals surface area contributed by atoms with Gasteiger partial charge in [0.25, 0.3) is 0 Å². The van der Waals surface area contributed by atoms with Crippen LogP contribution in [0.2, 0.25) is 0 Å². The number of ether oxygens (including phenoxy) is 2. The average Bonchev–Trinajstić information content (AvgIpc) is 2.60. The van der Waals surface area contributed by atoms with E-state index < -0.39 is 23.5 Å². The maximum atomic E-state index is 14.7. The van der Waals surface area contributed by atoms with Gasteiger partial charge in [0, 0.05) is 16.6 Å². The molecule has 150 valence electrons. The number of hydrogen-bond acceptors (Lipinski definition) is 5. The molecule has 0 saturated heterocycles. The summed E-state index contributed by atoms with van der Waals surface area (Å²) in [7, 11) is 1.19. The fourth-order valence-electron chi connectivity index (χ4n) is 2.37. The summed E-state index contributed by atoms with van der Waals surface area (Å²) in [6.07, 6.45) is -0.593. The van der Waals surface area contributed by atoms with Gasteiger partial charge in [0.15, 0.2) is 0 Å². The standard InChI is InChI=1S/C20H22BrFN2O4/c1-20(2,3)28-19(26)24-15-8-6-5-7-14(15)23-11-12-9-10-13(21)16(17(12)22)18(25)27-4/h5-10,23H,11H2,1-4H3,(H,24,26). The van der Waals surface area contributed by atoms with Crippen LogP contribution in [-0.4, -0.2) is 24.8 Å². The van der Waals surface area contributed by atoms with Crippen molar-refractivity contribution in [1.29, 1.82) is 0 Å². The van der Waals surface area contributed by atoms with Crippen molar-refractivity contribution in [2.24, 2.45) is 0 Å². The minimum atomic E-state index is -0.766. The molecule has 6 nitrogen and oxygen atoms in total. The smallest absolute Gasteiger partial charge is 0.412 e. The first-order valence-electron chi connectivity index (χ1n) is 8.50. The highest BCUT2D eigenvalue weighted by atomic mass is 79.9. The molecule has 2 N–H and O–H groups in total. The van der Waals surface area contributed by atoms with Gasteiger partial charge in [-0.25, -0.2) is 14.0 Å². The quantitative estimate of drug-likeness (QED) is 0.599. The molecule has 0 aliphatic heterocycles. The highest BCUT2D eigenvalue weighted by Gasteiger charge is 2.20. The lowest BCUT2D eigenvalue weighted by Crippen LogP contribution is -2.27. The Balaban J connectivity index is 2.18. The van der Waals surface area contributed by atoms with Crippen LogP contribution in [0.25, 0.3) is 0 Å². The second kappa shape index (κ2) is 9.05. The number of esters is 1. The van der Waals surface area contributed by atoms with Gasteiger partial charge in [-0.2, -0.15) is 0 Å². The normalized spacial score (nSPS) is 10.9. The number of nitrogens with one attached hydrogen (secondary N) is 2. The van der Waals surface area contributed by atoms with Crippen molar-refractivity contribution in [1.82, 2.24) is 0 Å². The van der Waals surface area contributed by atoms with E-state index in [4.69, 9.17) is 4.74 Å². The van der Waals surface area contributed by atoms with Crippen molar-refractivity contribution < 1.29 is 23.5 Å². The minimum absolute atomic E-state index is 0.0934. The monoisotopic (exact) mass is 452 g/mol. The van der Waals surface area contributed by atoms with Crippen LogP contribution in [0.5, 0.6) is 0 Å². The van der Waals surface area contributed by atoms with Gasteiger partial charge in [-0.3, -0.25) is 5.32 Å². The Morgan fingerprint density at radius 1 is 1.11 bits per heavy atom. The fraction of sp³-hybridized carbons (Fsp3) is 0.300. The van der Waals surface area contributed by atoms with E-state index in [2.05, 4.69) is 31.3 Å². The molecule has 0 unspecified atom stereocenters. The maximum Gasteiger partial charge on any atom is 0.412 e. The average molecular weight is 453 g/mol. The predicted molar refractivity (Wildman–Crippen MR) is 109 cm³/mol. The molecule has 2 rings (SSSR count). The van der Waals surface area contributed by atoms with Gasteiger partial charge in [-0.1, -0.05) is 18.2 Å². The van der Waals surface area contributed by atoms with Crippen LogP contribution in [-0.2, 0) is 16.0 Å². The molecule has 0 spiro atoms. The summed E-state index contributed by atoms with van der Waals surface area (Å²) in [6.45, 7) is 5.40. The Morgan fingerprint density at radius 3 is 2.36 bits per heavy atom. The van der Waals surface area contributed by atoms with E-state index in [1.165, 1.54) is 7.11 Å². The number of rotatable bonds is 5. The van der Waals surface area contributed by atoms with Crippen molar-refractivity contribution in [3.05, 3.63) is 57.8 Å². The Labute approximate surface area is 171 Å². The van der Waals surface area contributed by atoms with Crippen molar-refractivity contribution in [2.45, 2.75) is 32.9 Å². The third-order valence-electron chi connectivity index (χ3n) is 3.59. The third kappa shape index (κ3) is 5.69. The minimum Gasteiger partial charge on any atom is -0.465 e. The summed E-state index contributed by atoms with van der Waals surface area (Å²) in [5.74, 6) is -1.44. The van der Waals surface area contributed by atoms with Crippen molar-refractivity contribution in [3.63, 3.8) is 0 Å². The molecule has 0 aromatic heterocycles. The molecule has 1 amide bonds. The number of para-hydroxylation sites is 2. The molecule has 28 heavy (non-hydrogen) atoms. The van der Waals surface area contributed by atoms with E-state index in [9.17, 15) is 14.0 Å². The molecule has 0 heterocycles. The fourth-order valence-corrected chi connectivity index (χ4v) is 2.84. The first-order valence-corrected chi connectivity index (χ1v) is 9.29. The molecule has 0 bridgehead atoms. The first kappa shape index (κ1) is 21.7. The Kier molecular flexibility index (Phi) is 7.01. The van der Waals surface area contributed by atoms with Gasteiger partial charge < -0.3 is 14.8 Å². The van der Waals surface area contributed by atoms with Gasteiger partial charge in [-0.15, -0.1) is 0 Å². The molecule has 0 aliphatic rings. The maximum absolute atomic E-state index is 14.7. The van der Waals surface area contributed by atoms with Crippen LogP contribution in [0.1, 0.15) is 36.7 Å². The number of methoxy groups -OCH3 is 1. The molecule has 0 radical (unpaired) electrons. The Morgan fingerprint density at radius 2 is 1.75 bits per heavy atom. The van der Waals surface area contributed by atoms with E-state index in [1.807, 2.05) is 0 Å².